The Labute approximate surface area is 90.7 Å². The smallest absolute Gasteiger partial charge is 0.330 e. The molecule has 2 nitrogen and oxygen atoms in total. The predicted octanol–water partition coefficient (Wildman–Crippen LogP) is 2.54. The number of ether oxygens (including phenoxy) is 1. The molecule has 0 aromatic rings. The highest BCUT2D eigenvalue weighted by Gasteiger charge is 2.56. The van der Waals surface area contributed by atoms with Crippen LogP contribution in [0.25, 0.3) is 0 Å². The van der Waals surface area contributed by atoms with Crippen LogP contribution in [0, 0.1) is 23.2 Å². The van der Waals surface area contributed by atoms with Crippen LogP contribution in [0.4, 0.5) is 0 Å². The van der Waals surface area contributed by atoms with Crippen LogP contribution < -0.4 is 0 Å². The molecule has 4 aliphatic carbocycles. The number of esters is 1. The fourth-order valence-corrected chi connectivity index (χ4v) is 4.43. The first-order valence-electron chi connectivity index (χ1n) is 5.99. The van der Waals surface area contributed by atoms with E-state index in [9.17, 15) is 4.79 Å². The molecule has 15 heavy (non-hydrogen) atoms. The van der Waals surface area contributed by atoms with Crippen LogP contribution >= 0.6 is 0 Å². The molecule has 0 aliphatic heterocycles. The summed E-state index contributed by atoms with van der Waals surface area (Å²) in [5.74, 6) is 2.56. The van der Waals surface area contributed by atoms with Gasteiger partial charge >= 0.3 is 5.97 Å². The van der Waals surface area contributed by atoms with Crippen LogP contribution in [0.3, 0.4) is 0 Å². The van der Waals surface area contributed by atoms with E-state index >= 15 is 0 Å². The van der Waals surface area contributed by atoms with Crippen molar-refractivity contribution in [1.29, 1.82) is 0 Å². The highest BCUT2D eigenvalue weighted by atomic mass is 16.5. The Kier molecular flexibility index (Phi) is 1.95. The van der Waals surface area contributed by atoms with Gasteiger partial charge in [0.05, 0.1) is 7.11 Å². The Hall–Kier alpha value is -0.790. The SMILES string of the molecule is COC(=O)C=CC12CC3CC(CC1C3)C2. The molecular weight excluding hydrogens is 188 g/mol. The number of carbonyl (C=O) groups is 1. The lowest BCUT2D eigenvalue weighted by Gasteiger charge is -2.29. The van der Waals surface area contributed by atoms with Crippen molar-refractivity contribution in [2.45, 2.75) is 32.1 Å². The molecule has 0 saturated heterocycles. The number of carbonyl (C=O) groups excluding carboxylic acids is 1. The highest BCUT2D eigenvalue weighted by molar-refractivity contribution is 5.81. The number of hydrogen-bond acceptors (Lipinski definition) is 2. The van der Waals surface area contributed by atoms with E-state index in [-0.39, 0.29) is 5.97 Å². The van der Waals surface area contributed by atoms with Gasteiger partial charge in [-0.2, -0.15) is 0 Å². The molecule has 0 amide bonds. The second kappa shape index (κ2) is 3.10. The third-order valence-corrected chi connectivity index (χ3v) is 4.81. The van der Waals surface area contributed by atoms with Crippen molar-refractivity contribution >= 4 is 5.97 Å². The highest BCUT2D eigenvalue weighted by Crippen LogP contribution is 2.65. The summed E-state index contributed by atoms with van der Waals surface area (Å²) in [4.78, 5) is 11.1. The number of methoxy groups -OCH3 is 1. The molecule has 0 N–H and O–H groups in total. The van der Waals surface area contributed by atoms with Crippen LogP contribution in [0.1, 0.15) is 32.1 Å². The third-order valence-electron chi connectivity index (χ3n) is 4.81. The van der Waals surface area contributed by atoms with Gasteiger partial charge < -0.3 is 4.74 Å². The van der Waals surface area contributed by atoms with Crippen molar-refractivity contribution in [3.05, 3.63) is 12.2 Å². The van der Waals surface area contributed by atoms with Crippen molar-refractivity contribution in [3.63, 3.8) is 0 Å². The van der Waals surface area contributed by atoms with Crippen LogP contribution in [0.15, 0.2) is 12.2 Å². The van der Waals surface area contributed by atoms with Gasteiger partial charge in [-0.05, 0) is 55.3 Å². The molecule has 4 rings (SSSR count). The lowest BCUT2D eigenvalue weighted by atomic mass is 9.75. The second-order valence-electron chi connectivity index (χ2n) is 5.63. The molecule has 0 spiro atoms. The zero-order valence-corrected chi connectivity index (χ0v) is 9.24. The van der Waals surface area contributed by atoms with Crippen LogP contribution in [-0.4, -0.2) is 13.1 Å². The van der Waals surface area contributed by atoms with Crippen molar-refractivity contribution in [2.24, 2.45) is 23.2 Å². The molecule has 0 aromatic heterocycles. The first kappa shape index (κ1) is 9.44. The monoisotopic (exact) mass is 206 g/mol. The van der Waals surface area contributed by atoms with Crippen LogP contribution in [0.5, 0.6) is 0 Å². The van der Waals surface area contributed by atoms with E-state index < -0.39 is 0 Å². The summed E-state index contributed by atoms with van der Waals surface area (Å²) in [6.07, 6.45) is 10.7. The average Bonchev–Trinajstić information content (AvgIpc) is 2.61. The van der Waals surface area contributed by atoms with Gasteiger partial charge in [-0.3, -0.25) is 0 Å². The number of hydrogen-bond donors (Lipinski definition) is 0. The van der Waals surface area contributed by atoms with E-state index in [2.05, 4.69) is 10.8 Å². The summed E-state index contributed by atoms with van der Waals surface area (Å²) in [6.45, 7) is 0. The van der Waals surface area contributed by atoms with E-state index in [0.29, 0.717) is 5.41 Å². The Bertz CT molecular complexity index is 304. The maximum atomic E-state index is 11.1. The second-order valence-corrected chi connectivity index (χ2v) is 5.63. The van der Waals surface area contributed by atoms with E-state index in [1.807, 2.05) is 0 Å². The first-order chi connectivity index (χ1) is 7.22. The lowest BCUT2D eigenvalue weighted by molar-refractivity contribution is -0.134. The topological polar surface area (TPSA) is 26.3 Å². The van der Waals surface area contributed by atoms with E-state index in [1.54, 1.807) is 6.08 Å². The average molecular weight is 206 g/mol. The fraction of sp³-hybridized carbons (Fsp3) is 0.769. The van der Waals surface area contributed by atoms with Crippen molar-refractivity contribution < 1.29 is 9.53 Å². The molecule has 2 atom stereocenters. The minimum atomic E-state index is -0.199. The van der Waals surface area contributed by atoms with Crippen molar-refractivity contribution in [3.8, 4) is 0 Å². The quantitative estimate of drug-likeness (QED) is 0.512. The molecule has 2 heteroatoms. The largest absolute Gasteiger partial charge is 0.466 e. The molecular formula is C13H18O2. The molecule has 2 unspecified atom stereocenters. The van der Waals surface area contributed by atoms with Crippen molar-refractivity contribution in [1.82, 2.24) is 0 Å². The Morgan fingerprint density at radius 3 is 2.53 bits per heavy atom. The summed E-state index contributed by atoms with van der Waals surface area (Å²) in [5, 5.41) is 0. The van der Waals surface area contributed by atoms with Crippen LogP contribution in [-0.2, 0) is 9.53 Å². The summed E-state index contributed by atoms with van der Waals surface area (Å²) >= 11 is 0. The summed E-state index contributed by atoms with van der Waals surface area (Å²) in [6, 6.07) is 0. The summed E-state index contributed by atoms with van der Waals surface area (Å²) < 4.78 is 4.67. The van der Waals surface area contributed by atoms with E-state index in [0.717, 1.165) is 17.8 Å². The first-order valence-corrected chi connectivity index (χ1v) is 5.99. The maximum absolute atomic E-state index is 11.1. The van der Waals surface area contributed by atoms with Gasteiger partial charge in [-0.1, -0.05) is 6.08 Å². The van der Waals surface area contributed by atoms with E-state index in [1.165, 1.54) is 39.2 Å². The molecule has 82 valence electrons. The Morgan fingerprint density at radius 1 is 1.27 bits per heavy atom. The molecule has 4 saturated carbocycles. The molecule has 0 aromatic carbocycles. The zero-order valence-electron chi connectivity index (χ0n) is 9.24. The Morgan fingerprint density at radius 2 is 1.93 bits per heavy atom. The van der Waals surface area contributed by atoms with Gasteiger partial charge in [-0.15, -0.1) is 0 Å². The molecule has 0 radical (unpaired) electrons. The van der Waals surface area contributed by atoms with Gasteiger partial charge in [0.15, 0.2) is 0 Å². The molecule has 4 fully saturated rings. The normalized spacial score (nSPS) is 46.6. The minimum absolute atomic E-state index is 0.199. The minimum Gasteiger partial charge on any atom is -0.466 e. The zero-order chi connectivity index (χ0) is 10.5. The van der Waals surface area contributed by atoms with Gasteiger partial charge in [-0.25, -0.2) is 4.79 Å². The van der Waals surface area contributed by atoms with Crippen molar-refractivity contribution in [2.75, 3.05) is 7.11 Å². The van der Waals surface area contributed by atoms with Crippen LogP contribution in [0.2, 0.25) is 0 Å². The predicted molar refractivity (Wildman–Crippen MR) is 57.1 cm³/mol. The summed E-state index contributed by atoms with van der Waals surface area (Å²) in [5.41, 5.74) is 0.377. The number of rotatable bonds is 2. The third kappa shape index (κ3) is 1.34. The fourth-order valence-electron chi connectivity index (χ4n) is 4.43. The molecule has 0 heterocycles. The van der Waals surface area contributed by atoms with E-state index in [4.69, 9.17) is 0 Å². The maximum Gasteiger partial charge on any atom is 0.330 e. The van der Waals surface area contributed by atoms with Gasteiger partial charge in [0.25, 0.3) is 0 Å². The van der Waals surface area contributed by atoms with Gasteiger partial charge in [0.1, 0.15) is 0 Å². The van der Waals surface area contributed by atoms with Gasteiger partial charge in [0, 0.05) is 6.08 Å². The summed E-state index contributed by atoms with van der Waals surface area (Å²) in [7, 11) is 1.45. The van der Waals surface area contributed by atoms with Gasteiger partial charge in [0.2, 0.25) is 0 Å². The molecule has 4 bridgehead atoms. The standard InChI is InChI=1S/C13H18O2/c1-15-12(14)2-3-13-7-9-4-10(8-13)6-11(13)5-9/h2-3,9-11H,4-8H2,1H3. The lowest BCUT2D eigenvalue weighted by Crippen LogP contribution is -2.20. The number of allylic oxidation sites excluding steroid dienone is 1. The Balaban J connectivity index is 1.81. The molecule has 4 aliphatic rings.